The van der Waals surface area contributed by atoms with Crippen molar-refractivity contribution in [1.29, 1.82) is 0 Å². The minimum absolute atomic E-state index is 0.386. The first-order valence-electron chi connectivity index (χ1n) is 6.16. The maximum absolute atomic E-state index is 12.2. The lowest BCUT2D eigenvalue weighted by Gasteiger charge is -2.27. The van der Waals surface area contributed by atoms with Gasteiger partial charge in [-0.15, -0.1) is 11.3 Å². The van der Waals surface area contributed by atoms with Crippen LogP contribution in [0.4, 0.5) is 0 Å². The maximum atomic E-state index is 12.2. The second-order valence-electron chi connectivity index (χ2n) is 5.65. The molecule has 1 unspecified atom stereocenters. The van der Waals surface area contributed by atoms with Gasteiger partial charge in [0, 0.05) is 5.56 Å². The number of fused-ring (bicyclic) bond motifs is 1. The van der Waals surface area contributed by atoms with Gasteiger partial charge in [0.1, 0.15) is 6.04 Å². The van der Waals surface area contributed by atoms with Crippen molar-refractivity contribution in [1.82, 2.24) is 10.3 Å². The molecule has 2 aromatic rings. The highest BCUT2D eigenvalue weighted by Gasteiger charge is 2.32. The summed E-state index contributed by atoms with van der Waals surface area (Å²) >= 11 is 1.44. The fourth-order valence-corrected chi connectivity index (χ4v) is 2.58. The lowest BCUT2D eigenvalue weighted by Crippen LogP contribution is -2.49. The minimum Gasteiger partial charge on any atom is -0.480 e. The zero-order chi connectivity index (χ0) is 14.9. The molecule has 20 heavy (non-hydrogen) atoms. The highest BCUT2D eigenvalue weighted by molar-refractivity contribution is 7.16. The highest BCUT2D eigenvalue weighted by atomic mass is 32.1. The average Bonchev–Trinajstić information content (AvgIpc) is 2.80. The maximum Gasteiger partial charge on any atom is 0.326 e. The normalized spacial score (nSPS) is 13.2. The first-order valence-corrected chi connectivity index (χ1v) is 7.04. The Morgan fingerprint density at radius 3 is 2.65 bits per heavy atom. The Balaban J connectivity index is 2.24. The Kier molecular flexibility index (Phi) is 3.76. The number of aliphatic carboxylic acids is 1. The van der Waals surface area contributed by atoms with E-state index in [0.29, 0.717) is 5.56 Å². The molecule has 1 atom stereocenters. The Bertz CT molecular complexity index is 658. The fraction of sp³-hybridized carbons (Fsp3) is 0.357. The van der Waals surface area contributed by atoms with Crippen LogP contribution in [-0.4, -0.2) is 28.0 Å². The van der Waals surface area contributed by atoms with Crippen LogP contribution in [0.3, 0.4) is 0 Å². The standard InChI is InChI=1S/C14H16N2O3S/c1-14(2,3)11(13(18)19)16-12(17)8-4-5-9-10(6-8)20-7-15-9/h4-7,11H,1-3H3,(H,16,17)(H,18,19). The van der Waals surface area contributed by atoms with Crippen molar-refractivity contribution < 1.29 is 14.7 Å². The lowest BCUT2D eigenvalue weighted by molar-refractivity contribution is -0.142. The summed E-state index contributed by atoms with van der Waals surface area (Å²) in [6.45, 7) is 5.33. The van der Waals surface area contributed by atoms with Gasteiger partial charge >= 0.3 is 5.97 Å². The SMILES string of the molecule is CC(C)(C)C(NC(=O)c1ccc2ncsc2c1)C(=O)O. The summed E-state index contributed by atoms with van der Waals surface area (Å²) in [4.78, 5) is 27.6. The Labute approximate surface area is 120 Å². The molecule has 6 heteroatoms. The lowest BCUT2D eigenvalue weighted by atomic mass is 9.86. The van der Waals surface area contributed by atoms with Gasteiger partial charge in [-0.1, -0.05) is 20.8 Å². The highest BCUT2D eigenvalue weighted by Crippen LogP contribution is 2.22. The number of nitrogens with zero attached hydrogens (tertiary/aromatic N) is 1. The molecule has 0 saturated heterocycles. The Hall–Kier alpha value is -1.95. The van der Waals surface area contributed by atoms with E-state index < -0.39 is 17.4 Å². The summed E-state index contributed by atoms with van der Waals surface area (Å²) in [7, 11) is 0. The summed E-state index contributed by atoms with van der Waals surface area (Å²) in [6.07, 6.45) is 0. The van der Waals surface area contributed by atoms with Crippen LogP contribution in [0.5, 0.6) is 0 Å². The van der Waals surface area contributed by atoms with Gasteiger partial charge in [0.2, 0.25) is 0 Å². The number of hydrogen-bond donors (Lipinski definition) is 2. The van der Waals surface area contributed by atoms with Crippen LogP contribution in [0.1, 0.15) is 31.1 Å². The molecule has 1 aromatic carbocycles. The molecule has 0 aliphatic carbocycles. The summed E-state index contributed by atoms with van der Waals surface area (Å²) in [5.41, 5.74) is 2.42. The fourth-order valence-electron chi connectivity index (χ4n) is 1.86. The van der Waals surface area contributed by atoms with E-state index in [2.05, 4.69) is 10.3 Å². The number of carbonyl (C=O) groups excluding carboxylic acids is 1. The van der Waals surface area contributed by atoms with Crippen LogP contribution in [-0.2, 0) is 4.79 Å². The number of carbonyl (C=O) groups is 2. The smallest absolute Gasteiger partial charge is 0.326 e. The Morgan fingerprint density at radius 1 is 1.35 bits per heavy atom. The first kappa shape index (κ1) is 14.5. The third kappa shape index (κ3) is 2.96. The molecule has 2 rings (SSSR count). The molecule has 0 bridgehead atoms. The monoisotopic (exact) mass is 292 g/mol. The minimum atomic E-state index is -1.04. The van der Waals surface area contributed by atoms with Crippen molar-refractivity contribution in [2.24, 2.45) is 5.41 Å². The van der Waals surface area contributed by atoms with E-state index >= 15 is 0 Å². The van der Waals surface area contributed by atoms with E-state index in [9.17, 15) is 14.7 Å². The van der Waals surface area contributed by atoms with E-state index in [4.69, 9.17) is 0 Å². The van der Waals surface area contributed by atoms with Gasteiger partial charge in [0.05, 0.1) is 15.7 Å². The molecule has 1 aromatic heterocycles. The molecule has 106 valence electrons. The van der Waals surface area contributed by atoms with Crippen LogP contribution in [0, 0.1) is 5.41 Å². The Morgan fingerprint density at radius 2 is 2.05 bits per heavy atom. The zero-order valence-corrected chi connectivity index (χ0v) is 12.3. The van der Waals surface area contributed by atoms with E-state index in [-0.39, 0.29) is 5.91 Å². The first-order chi connectivity index (χ1) is 9.29. The van der Waals surface area contributed by atoms with Gasteiger partial charge in [-0.2, -0.15) is 0 Å². The largest absolute Gasteiger partial charge is 0.480 e. The summed E-state index contributed by atoms with van der Waals surface area (Å²) in [5.74, 6) is -1.42. The molecule has 0 spiro atoms. The van der Waals surface area contributed by atoms with Crippen LogP contribution >= 0.6 is 11.3 Å². The second-order valence-corrected chi connectivity index (χ2v) is 6.53. The molecule has 0 aliphatic heterocycles. The van der Waals surface area contributed by atoms with Crippen molar-refractivity contribution in [3.05, 3.63) is 29.3 Å². The number of nitrogens with one attached hydrogen (secondary N) is 1. The van der Waals surface area contributed by atoms with Crippen LogP contribution in [0.15, 0.2) is 23.7 Å². The predicted octanol–water partition coefficient (Wildman–Crippen LogP) is 2.53. The predicted molar refractivity (Wildman–Crippen MR) is 78.0 cm³/mol. The summed E-state index contributed by atoms with van der Waals surface area (Å²) in [5, 5.41) is 11.8. The van der Waals surface area contributed by atoms with E-state index in [0.717, 1.165) is 10.2 Å². The quantitative estimate of drug-likeness (QED) is 0.911. The number of aromatic nitrogens is 1. The van der Waals surface area contributed by atoms with Gasteiger partial charge in [0.15, 0.2) is 0 Å². The third-order valence-electron chi connectivity index (χ3n) is 2.98. The number of benzene rings is 1. The van der Waals surface area contributed by atoms with Gasteiger partial charge in [-0.25, -0.2) is 9.78 Å². The van der Waals surface area contributed by atoms with Crippen LogP contribution in [0.25, 0.3) is 10.2 Å². The second kappa shape index (κ2) is 5.20. The number of hydrogen-bond acceptors (Lipinski definition) is 4. The molecular formula is C14H16N2O3S. The van der Waals surface area contributed by atoms with Gasteiger partial charge in [0.25, 0.3) is 5.91 Å². The topological polar surface area (TPSA) is 79.3 Å². The molecule has 0 saturated carbocycles. The van der Waals surface area contributed by atoms with Crippen LogP contribution in [0.2, 0.25) is 0 Å². The van der Waals surface area contributed by atoms with Gasteiger partial charge in [-0.05, 0) is 23.6 Å². The van der Waals surface area contributed by atoms with Gasteiger partial charge in [-0.3, -0.25) is 4.79 Å². The van der Waals surface area contributed by atoms with E-state index in [1.165, 1.54) is 11.3 Å². The molecule has 2 N–H and O–H groups in total. The molecule has 1 amide bonds. The van der Waals surface area contributed by atoms with Crippen molar-refractivity contribution in [3.63, 3.8) is 0 Å². The molecule has 0 fully saturated rings. The number of rotatable bonds is 3. The molecule has 5 nitrogen and oxygen atoms in total. The van der Waals surface area contributed by atoms with Gasteiger partial charge < -0.3 is 10.4 Å². The molecule has 1 heterocycles. The van der Waals surface area contributed by atoms with Crippen molar-refractivity contribution in [3.8, 4) is 0 Å². The molecule has 0 radical (unpaired) electrons. The number of thiazole rings is 1. The van der Waals surface area contributed by atoms with E-state index in [1.54, 1.807) is 44.5 Å². The third-order valence-corrected chi connectivity index (χ3v) is 3.77. The number of amides is 1. The van der Waals surface area contributed by atoms with E-state index in [1.807, 2.05) is 0 Å². The zero-order valence-electron chi connectivity index (χ0n) is 11.5. The number of carboxylic acid groups (broad SMARTS) is 1. The molecule has 0 aliphatic rings. The van der Waals surface area contributed by atoms with Crippen LogP contribution < -0.4 is 5.32 Å². The van der Waals surface area contributed by atoms with Crippen molar-refractivity contribution in [2.45, 2.75) is 26.8 Å². The summed E-state index contributed by atoms with van der Waals surface area (Å²) in [6, 6.07) is 4.20. The molecular weight excluding hydrogens is 276 g/mol. The summed E-state index contributed by atoms with van der Waals surface area (Å²) < 4.78 is 0.903. The van der Waals surface area contributed by atoms with Crippen molar-refractivity contribution >= 4 is 33.4 Å². The van der Waals surface area contributed by atoms with Crippen molar-refractivity contribution in [2.75, 3.05) is 0 Å². The average molecular weight is 292 g/mol. The number of carboxylic acids is 1.